The van der Waals surface area contributed by atoms with Crippen LogP contribution < -0.4 is 0 Å². The van der Waals surface area contributed by atoms with Gasteiger partial charge in [-0.2, -0.15) is 0 Å². The van der Waals surface area contributed by atoms with Crippen LogP contribution in [0.25, 0.3) is 94.2 Å². The van der Waals surface area contributed by atoms with Gasteiger partial charge in [0.05, 0.1) is 22.2 Å². The lowest BCUT2D eigenvalue weighted by molar-refractivity contribution is 0.670. The van der Waals surface area contributed by atoms with Crippen LogP contribution in [0.4, 0.5) is 0 Å². The highest BCUT2D eigenvalue weighted by Gasteiger charge is 2.22. The molecular weight excluding hydrogens is 576 g/mol. The van der Waals surface area contributed by atoms with Crippen LogP contribution in [0.15, 0.2) is 156 Å². The SMILES string of the molecule is c1ccc(-n2c(-c3cccc4c3[nH]c3ccccc34)nc3c(-c4cc(-c5ccccn5)c5oc6ccccc6c5c4)cccc32)cc1. The van der Waals surface area contributed by atoms with Crippen molar-refractivity contribution < 1.29 is 4.42 Å². The summed E-state index contributed by atoms with van der Waals surface area (Å²) in [5.41, 5.74) is 11.9. The zero-order chi connectivity index (χ0) is 30.9. The molecule has 10 rings (SSSR count). The Labute approximate surface area is 269 Å². The van der Waals surface area contributed by atoms with E-state index in [1.807, 2.05) is 36.5 Å². The van der Waals surface area contributed by atoms with Crippen molar-refractivity contribution in [1.82, 2.24) is 19.5 Å². The smallest absolute Gasteiger partial charge is 0.147 e. The number of para-hydroxylation sites is 5. The van der Waals surface area contributed by atoms with Crippen molar-refractivity contribution in [2.45, 2.75) is 0 Å². The third kappa shape index (κ3) is 3.90. The number of hydrogen-bond donors (Lipinski definition) is 1. The molecule has 0 atom stereocenters. The molecule has 220 valence electrons. The number of aromatic nitrogens is 4. The van der Waals surface area contributed by atoms with Crippen LogP contribution in [-0.4, -0.2) is 19.5 Å². The molecule has 5 heteroatoms. The van der Waals surface area contributed by atoms with Crippen molar-refractivity contribution in [2.24, 2.45) is 0 Å². The van der Waals surface area contributed by atoms with Gasteiger partial charge in [0, 0.05) is 55.6 Å². The second kappa shape index (κ2) is 10.0. The second-order valence-corrected chi connectivity index (χ2v) is 11.9. The van der Waals surface area contributed by atoms with Crippen LogP contribution in [0.1, 0.15) is 0 Å². The molecule has 5 nitrogen and oxygen atoms in total. The lowest BCUT2D eigenvalue weighted by atomic mass is 9.97. The van der Waals surface area contributed by atoms with Gasteiger partial charge in [-0.1, -0.05) is 84.9 Å². The van der Waals surface area contributed by atoms with E-state index in [2.05, 4.69) is 125 Å². The molecule has 0 saturated heterocycles. The lowest BCUT2D eigenvalue weighted by Gasteiger charge is -2.11. The lowest BCUT2D eigenvalue weighted by Crippen LogP contribution is -1.97. The fourth-order valence-corrected chi connectivity index (χ4v) is 7.11. The summed E-state index contributed by atoms with van der Waals surface area (Å²) in [6.45, 7) is 0. The van der Waals surface area contributed by atoms with E-state index >= 15 is 0 Å². The van der Waals surface area contributed by atoms with Crippen molar-refractivity contribution in [3.05, 3.63) is 152 Å². The number of nitrogens with one attached hydrogen (secondary N) is 1. The first-order valence-electron chi connectivity index (χ1n) is 15.8. The van der Waals surface area contributed by atoms with E-state index in [0.717, 1.165) is 83.5 Å². The van der Waals surface area contributed by atoms with Crippen molar-refractivity contribution >= 4 is 54.8 Å². The van der Waals surface area contributed by atoms with Crippen LogP contribution in [-0.2, 0) is 0 Å². The van der Waals surface area contributed by atoms with Crippen LogP contribution in [0.2, 0.25) is 0 Å². The summed E-state index contributed by atoms with van der Waals surface area (Å²) in [7, 11) is 0. The first-order valence-corrected chi connectivity index (χ1v) is 15.8. The number of furan rings is 1. The van der Waals surface area contributed by atoms with E-state index in [1.54, 1.807) is 0 Å². The van der Waals surface area contributed by atoms with Gasteiger partial charge in [-0.25, -0.2) is 4.98 Å². The molecule has 0 aliphatic carbocycles. The highest BCUT2D eigenvalue weighted by atomic mass is 16.3. The van der Waals surface area contributed by atoms with Crippen molar-refractivity contribution in [3.8, 4) is 39.5 Å². The minimum Gasteiger partial charge on any atom is -0.455 e. The Morgan fingerprint density at radius 3 is 2.23 bits per heavy atom. The number of hydrogen-bond acceptors (Lipinski definition) is 3. The number of H-pyrrole nitrogens is 1. The van der Waals surface area contributed by atoms with Crippen molar-refractivity contribution in [2.75, 3.05) is 0 Å². The molecule has 0 amide bonds. The molecule has 0 bridgehead atoms. The summed E-state index contributed by atoms with van der Waals surface area (Å²) in [5.74, 6) is 0.885. The van der Waals surface area contributed by atoms with E-state index in [9.17, 15) is 0 Å². The molecule has 47 heavy (non-hydrogen) atoms. The van der Waals surface area contributed by atoms with E-state index in [1.165, 1.54) is 10.8 Å². The standard InChI is InChI=1S/C42H26N4O/c1-2-12-27(13-3-1)46-37-21-11-16-28(40(37)45-42(46)32-18-10-17-31-29-14-4-6-20-36(29)44-39(31)32)26-24-33-30-15-5-7-22-38(30)47-41(33)34(25-26)35-19-8-9-23-43-35/h1-25,44H. The van der Waals surface area contributed by atoms with Crippen molar-refractivity contribution in [1.29, 1.82) is 0 Å². The average Bonchev–Trinajstić information content (AvgIpc) is 3.83. The van der Waals surface area contributed by atoms with Gasteiger partial charge in [-0.3, -0.25) is 9.55 Å². The number of pyridine rings is 1. The van der Waals surface area contributed by atoms with Gasteiger partial charge in [0.15, 0.2) is 0 Å². The summed E-state index contributed by atoms with van der Waals surface area (Å²) in [5, 5.41) is 4.52. The van der Waals surface area contributed by atoms with Gasteiger partial charge in [-0.05, 0) is 66.2 Å². The largest absolute Gasteiger partial charge is 0.455 e. The van der Waals surface area contributed by atoms with Gasteiger partial charge in [0.2, 0.25) is 0 Å². The molecule has 1 N–H and O–H groups in total. The predicted molar refractivity (Wildman–Crippen MR) is 192 cm³/mol. The molecule has 0 spiro atoms. The van der Waals surface area contributed by atoms with Crippen LogP contribution >= 0.6 is 0 Å². The Morgan fingerprint density at radius 1 is 0.574 bits per heavy atom. The highest BCUT2D eigenvalue weighted by Crippen LogP contribution is 2.42. The topological polar surface area (TPSA) is 59.6 Å². The Morgan fingerprint density at radius 2 is 1.34 bits per heavy atom. The van der Waals surface area contributed by atoms with Gasteiger partial charge in [0.25, 0.3) is 0 Å². The molecule has 10 aromatic rings. The number of aromatic amines is 1. The minimum atomic E-state index is 0.835. The van der Waals surface area contributed by atoms with Crippen molar-refractivity contribution in [3.63, 3.8) is 0 Å². The number of nitrogens with zero attached hydrogens (tertiary/aromatic N) is 3. The van der Waals surface area contributed by atoms with Gasteiger partial charge >= 0.3 is 0 Å². The number of fused-ring (bicyclic) bond motifs is 7. The van der Waals surface area contributed by atoms with Gasteiger partial charge < -0.3 is 9.40 Å². The van der Waals surface area contributed by atoms with Crippen LogP contribution in [0, 0.1) is 0 Å². The molecule has 0 fully saturated rings. The zero-order valence-electron chi connectivity index (χ0n) is 25.2. The van der Waals surface area contributed by atoms with E-state index in [4.69, 9.17) is 14.4 Å². The number of benzene rings is 6. The van der Waals surface area contributed by atoms with Gasteiger partial charge in [0.1, 0.15) is 17.0 Å². The molecule has 4 heterocycles. The first-order chi connectivity index (χ1) is 23.3. The summed E-state index contributed by atoms with van der Waals surface area (Å²) >= 11 is 0. The Hall–Kier alpha value is -6.46. The predicted octanol–water partition coefficient (Wildman–Crippen LogP) is 11.0. The Kier molecular flexibility index (Phi) is 5.51. The second-order valence-electron chi connectivity index (χ2n) is 11.9. The fourth-order valence-electron chi connectivity index (χ4n) is 7.11. The van der Waals surface area contributed by atoms with E-state index in [0.29, 0.717) is 0 Å². The number of imidazole rings is 1. The zero-order valence-corrected chi connectivity index (χ0v) is 25.2. The monoisotopic (exact) mass is 602 g/mol. The maximum Gasteiger partial charge on any atom is 0.147 e. The number of rotatable bonds is 4. The third-order valence-electron chi connectivity index (χ3n) is 9.21. The highest BCUT2D eigenvalue weighted by molar-refractivity contribution is 6.13. The van der Waals surface area contributed by atoms with Crippen LogP contribution in [0.3, 0.4) is 0 Å². The molecule has 6 aromatic carbocycles. The summed E-state index contributed by atoms with van der Waals surface area (Å²) in [6.07, 6.45) is 1.83. The molecule has 0 unspecified atom stereocenters. The van der Waals surface area contributed by atoms with Gasteiger partial charge in [-0.15, -0.1) is 0 Å². The molecular formula is C42H26N4O. The average molecular weight is 603 g/mol. The quantitative estimate of drug-likeness (QED) is 0.218. The minimum absolute atomic E-state index is 0.835. The Balaban J connectivity index is 1.29. The summed E-state index contributed by atoms with van der Waals surface area (Å²) < 4.78 is 8.74. The molecule has 4 aromatic heterocycles. The third-order valence-corrected chi connectivity index (χ3v) is 9.21. The summed E-state index contributed by atoms with van der Waals surface area (Å²) in [4.78, 5) is 13.9. The molecule has 0 aliphatic rings. The van der Waals surface area contributed by atoms with E-state index in [-0.39, 0.29) is 0 Å². The molecule has 0 aliphatic heterocycles. The fraction of sp³-hybridized carbons (Fsp3) is 0. The van der Waals surface area contributed by atoms with E-state index < -0.39 is 0 Å². The maximum absolute atomic E-state index is 6.46. The summed E-state index contributed by atoms with van der Waals surface area (Å²) in [6, 6.07) is 50.6. The Bertz CT molecular complexity index is 2790. The first kappa shape index (κ1) is 25.8. The maximum atomic E-state index is 6.46. The molecule has 0 radical (unpaired) electrons. The normalized spacial score (nSPS) is 11.8. The molecule has 0 saturated carbocycles. The van der Waals surface area contributed by atoms with Crippen LogP contribution in [0.5, 0.6) is 0 Å².